The second-order valence-electron chi connectivity index (χ2n) is 6.21. The molecule has 2 heterocycles. The summed E-state index contributed by atoms with van der Waals surface area (Å²) in [6.45, 7) is 0. The van der Waals surface area contributed by atoms with E-state index in [1.54, 1.807) is 29.2 Å². The molecule has 0 saturated carbocycles. The third-order valence-electron chi connectivity index (χ3n) is 4.46. The average Bonchev–Trinajstić information content (AvgIpc) is 3.34. The van der Waals surface area contributed by atoms with Gasteiger partial charge in [-0.3, -0.25) is 9.59 Å². The molecule has 5 nitrogen and oxygen atoms in total. The molecular formula is C20H14ClN3O2S2. The molecule has 0 spiro atoms. The van der Waals surface area contributed by atoms with Gasteiger partial charge in [-0.05, 0) is 30.3 Å². The highest BCUT2D eigenvalue weighted by Crippen LogP contribution is 2.37. The van der Waals surface area contributed by atoms with E-state index in [1.807, 2.05) is 30.3 Å². The highest BCUT2D eigenvalue weighted by atomic mass is 35.5. The van der Waals surface area contributed by atoms with Crippen LogP contribution in [0.3, 0.4) is 0 Å². The van der Waals surface area contributed by atoms with E-state index in [9.17, 15) is 9.59 Å². The Morgan fingerprint density at radius 2 is 1.93 bits per heavy atom. The average molecular weight is 428 g/mol. The molecule has 1 N–H and O–H groups in total. The summed E-state index contributed by atoms with van der Waals surface area (Å²) in [6, 6.07) is 15.7. The first-order valence-electron chi connectivity index (χ1n) is 8.45. The lowest BCUT2D eigenvalue weighted by Gasteiger charge is -2.22. The molecule has 1 fully saturated rings. The van der Waals surface area contributed by atoms with Crippen molar-refractivity contribution in [1.82, 2.24) is 4.90 Å². The lowest BCUT2D eigenvalue weighted by molar-refractivity contribution is -0.119. The van der Waals surface area contributed by atoms with E-state index in [0.29, 0.717) is 32.8 Å². The zero-order valence-corrected chi connectivity index (χ0v) is 16.9. The first-order chi connectivity index (χ1) is 13.6. The van der Waals surface area contributed by atoms with Crippen LogP contribution in [-0.4, -0.2) is 34.4 Å². The Labute approximate surface area is 174 Å². The molecule has 2 amide bonds. The van der Waals surface area contributed by atoms with Crippen LogP contribution >= 0.6 is 34.7 Å². The molecule has 4 rings (SSSR count). The first-order valence-corrected chi connectivity index (χ1v) is 10.8. The Morgan fingerprint density at radius 1 is 1.18 bits per heavy atom. The van der Waals surface area contributed by atoms with Gasteiger partial charge in [-0.15, -0.1) is 23.1 Å². The molecule has 1 aliphatic heterocycles. The molecule has 1 unspecified atom stereocenters. The summed E-state index contributed by atoms with van der Waals surface area (Å²) in [5, 5.41) is 13.0. The zero-order valence-electron chi connectivity index (χ0n) is 14.5. The zero-order chi connectivity index (χ0) is 19.7. The maximum Gasteiger partial charge on any atom is 0.266 e. The lowest BCUT2D eigenvalue weighted by atomic mass is 10.2. The van der Waals surface area contributed by atoms with Gasteiger partial charge in [0.2, 0.25) is 5.91 Å². The highest BCUT2D eigenvalue weighted by Gasteiger charge is 2.36. The fourth-order valence-corrected chi connectivity index (χ4v) is 5.62. The SMILES string of the molecule is N#Cc1ccc(NC(=O)C2CSCN2C(=O)c2sc3ccccc3c2Cl)cc1. The van der Waals surface area contributed by atoms with Gasteiger partial charge in [0.25, 0.3) is 5.91 Å². The van der Waals surface area contributed by atoms with Crippen molar-refractivity contribution in [2.75, 3.05) is 16.9 Å². The summed E-state index contributed by atoms with van der Waals surface area (Å²) in [5.41, 5.74) is 1.11. The molecule has 8 heteroatoms. The number of fused-ring (bicyclic) bond motifs is 1. The molecule has 3 aromatic rings. The third-order valence-corrected chi connectivity index (χ3v) is 7.13. The Hall–Kier alpha value is -2.53. The quantitative estimate of drug-likeness (QED) is 0.663. The lowest BCUT2D eigenvalue weighted by Crippen LogP contribution is -2.44. The van der Waals surface area contributed by atoms with Crippen molar-refractivity contribution in [1.29, 1.82) is 5.26 Å². The smallest absolute Gasteiger partial charge is 0.266 e. The minimum Gasteiger partial charge on any atom is -0.324 e. The maximum absolute atomic E-state index is 13.1. The molecule has 1 saturated heterocycles. The van der Waals surface area contributed by atoms with Gasteiger partial charge < -0.3 is 10.2 Å². The van der Waals surface area contributed by atoms with Gasteiger partial charge in [0.05, 0.1) is 22.5 Å². The molecule has 1 aromatic heterocycles. The van der Waals surface area contributed by atoms with E-state index in [0.717, 1.165) is 10.1 Å². The van der Waals surface area contributed by atoms with E-state index >= 15 is 0 Å². The predicted molar refractivity (Wildman–Crippen MR) is 114 cm³/mol. The number of hydrogen-bond donors (Lipinski definition) is 1. The van der Waals surface area contributed by atoms with Gasteiger partial charge in [0.15, 0.2) is 0 Å². The number of nitrogens with zero attached hydrogens (tertiary/aromatic N) is 2. The summed E-state index contributed by atoms with van der Waals surface area (Å²) in [4.78, 5) is 27.9. The fraction of sp³-hybridized carbons (Fsp3) is 0.150. The summed E-state index contributed by atoms with van der Waals surface area (Å²) < 4.78 is 0.946. The van der Waals surface area contributed by atoms with Crippen LogP contribution in [0.15, 0.2) is 48.5 Å². The Kier molecular flexibility index (Phi) is 5.27. The number of anilines is 1. The van der Waals surface area contributed by atoms with Crippen LogP contribution < -0.4 is 5.32 Å². The van der Waals surface area contributed by atoms with Gasteiger partial charge in [0, 0.05) is 21.5 Å². The molecule has 0 radical (unpaired) electrons. The monoisotopic (exact) mass is 427 g/mol. The van der Waals surface area contributed by atoms with Crippen molar-refractivity contribution in [3.8, 4) is 6.07 Å². The van der Waals surface area contributed by atoms with Crippen molar-refractivity contribution < 1.29 is 9.59 Å². The van der Waals surface area contributed by atoms with Crippen LogP contribution in [0, 0.1) is 11.3 Å². The van der Waals surface area contributed by atoms with Crippen LogP contribution in [0.1, 0.15) is 15.2 Å². The van der Waals surface area contributed by atoms with E-state index in [2.05, 4.69) is 5.32 Å². The number of carbonyl (C=O) groups excluding carboxylic acids is 2. The summed E-state index contributed by atoms with van der Waals surface area (Å²) >= 11 is 9.32. The van der Waals surface area contributed by atoms with Gasteiger partial charge in [-0.1, -0.05) is 29.8 Å². The van der Waals surface area contributed by atoms with Crippen molar-refractivity contribution in [3.63, 3.8) is 0 Å². The normalized spacial score (nSPS) is 16.1. The Bertz CT molecular complexity index is 1100. The highest BCUT2D eigenvalue weighted by molar-refractivity contribution is 7.99. The molecule has 1 atom stereocenters. The number of carbonyl (C=O) groups is 2. The van der Waals surface area contributed by atoms with Gasteiger partial charge in [-0.2, -0.15) is 5.26 Å². The molecule has 0 aliphatic carbocycles. The molecule has 140 valence electrons. The fourth-order valence-electron chi connectivity index (χ4n) is 3.00. The first kappa shape index (κ1) is 18.8. The van der Waals surface area contributed by atoms with Crippen LogP contribution in [0.4, 0.5) is 5.69 Å². The molecule has 1 aliphatic rings. The predicted octanol–water partition coefficient (Wildman–Crippen LogP) is 4.58. The van der Waals surface area contributed by atoms with E-state index < -0.39 is 6.04 Å². The Balaban J connectivity index is 1.55. The van der Waals surface area contributed by atoms with Crippen LogP contribution in [-0.2, 0) is 4.79 Å². The van der Waals surface area contributed by atoms with Gasteiger partial charge >= 0.3 is 0 Å². The number of halogens is 1. The standard InChI is InChI=1S/C20H14ClN3O2S2/c21-17-14-3-1-2-4-16(14)28-18(17)20(26)24-11-27-10-15(24)19(25)23-13-7-5-12(9-22)6-8-13/h1-8,15H,10-11H2,(H,23,25). The van der Waals surface area contributed by atoms with Crippen molar-refractivity contribution in [2.24, 2.45) is 0 Å². The summed E-state index contributed by atoms with van der Waals surface area (Å²) in [7, 11) is 0. The maximum atomic E-state index is 13.1. The summed E-state index contributed by atoms with van der Waals surface area (Å²) in [5.74, 6) is 0.488. The second kappa shape index (κ2) is 7.84. The largest absolute Gasteiger partial charge is 0.324 e. The van der Waals surface area contributed by atoms with Crippen molar-refractivity contribution >= 4 is 62.3 Å². The van der Waals surface area contributed by atoms with Crippen molar-refractivity contribution in [3.05, 3.63) is 64.0 Å². The number of thiophene rings is 1. The number of amides is 2. The Morgan fingerprint density at radius 3 is 2.64 bits per heavy atom. The van der Waals surface area contributed by atoms with Crippen LogP contribution in [0.2, 0.25) is 5.02 Å². The van der Waals surface area contributed by atoms with E-state index in [1.165, 1.54) is 23.1 Å². The van der Waals surface area contributed by atoms with E-state index in [4.69, 9.17) is 16.9 Å². The number of hydrogen-bond acceptors (Lipinski definition) is 5. The van der Waals surface area contributed by atoms with Crippen molar-refractivity contribution in [2.45, 2.75) is 6.04 Å². The third kappa shape index (κ3) is 3.47. The minimum absolute atomic E-state index is 0.226. The number of benzene rings is 2. The summed E-state index contributed by atoms with van der Waals surface area (Å²) in [6.07, 6.45) is 0. The molecular weight excluding hydrogens is 414 g/mol. The second-order valence-corrected chi connectivity index (χ2v) is 8.64. The number of nitriles is 1. The molecule has 0 bridgehead atoms. The van der Waals surface area contributed by atoms with Crippen LogP contribution in [0.5, 0.6) is 0 Å². The molecule has 28 heavy (non-hydrogen) atoms. The molecule has 2 aromatic carbocycles. The number of nitrogens with one attached hydrogen (secondary N) is 1. The minimum atomic E-state index is -0.575. The number of rotatable bonds is 3. The van der Waals surface area contributed by atoms with Gasteiger partial charge in [-0.25, -0.2) is 0 Å². The topological polar surface area (TPSA) is 73.2 Å². The van der Waals surface area contributed by atoms with E-state index in [-0.39, 0.29) is 11.8 Å². The van der Waals surface area contributed by atoms with Crippen LogP contribution in [0.25, 0.3) is 10.1 Å². The van der Waals surface area contributed by atoms with Gasteiger partial charge in [0.1, 0.15) is 10.9 Å². The number of thioether (sulfide) groups is 1.